The fourth-order valence-corrected chi connectivity index (χ4v) is 2.42. The van der Waals surface area contributed by atoms with Gasteiger partial charge in [-0.25, -0.2) is 22.0 Å². The molecular formula is C13H14F5N3O. The topological polar surface area (TPSA) is 61.8 Å². The maximum absolute atomic E-state index is 13.8. The van der Waals surface area contributed by atoms with Crippen molar-refractivity contribution < 1.29 is 27.1 Å². The summed E-state index contributed by atoms with van der Waals surface area (Å²) in [6, 6.07) is 1.57. The zero-order valence-corrected chi connectivity index (χ0v) is 11.6. The summed E-state index contributed by atoms with van der Waals surface area (Å²) in [6.45, 7) is 0.452. The maximum Gasteiger partial charge on any atom is 0.278 e. The Morgan fingerprint density at radius 2 is 2.09 bits per heavy atom. The molecule has 0 saturated heterocycles. The van der Waals surface area contributed by atoms with E-state index in [2.05, 4.69) is 5.10 Å². The number of fused-ring (bicyclic) bond motifs is 1. The molecule has 0 fully saturated rings. The van der Waals surface area contributed by atoms with Crippen molar-refractivity contribution in [3.8, 4) is 6.07 Å². The van der Waals surface area contributed by atoms with E-state index in [9.17, 15) is 27.1 Å². The van der Waals surface area contributed by atoms with Crippen LogP contribution in [0.15, 0.2) is 0 Å². The lowest BCUT2D eigenvalue weighted by atomic mass is 9.90. The number of aromatic nitrogens is 2. The summed E-state index contributed by atoms with van der Waals surface area (Å²) < 4.78 is 66.8. The molecule has 0 amide bonds. The Kier molecular flexibility index (Phi) is 4.42. The molecule has 122 valence electrons. The molecule has 3 atom stereocenters. The molecule has 1 aromatic rings. The van der Waals surface area contributed by atoms with E-state index >= 15 is 0 Å². The number of aliphatic hydroxyl groups is 1. The lowest BCUT2D eigenvalue weighted by Crippen LogP contribution is -2.33. The number of nitriles is 1. The molecule has 2 rings (SSSR count). The molecule has 0 radical (unpaired) electrons. The van der Waals surface area contributed by atoms with Gasteiger partial charge >= 0.3 is 0 Å². The Bertz CT molecular complexity index is 595. The molecule has 1 N–H and O–H groups in total. The van der Waals surface area contributed by atoms with E-state index in [0.29, 0.717) is 0 Å². The van der Waals surface area contributed by atoms with E-state index in [1.165, 1.54) is 0 Å². The van der Waals surface area contributed by atoms with Crippen LogP contribution in [-0.2, 0) is 13.0 Å². The molecule has 1 aliphatic carbocycles. The first-order valence-electron chi connectivity index (χ1n) is 6.66. The third-order valence-electron chi connectivity index (χ3n) is 3.89. The maximum atomic E-state index is 13.8. The van der Waals surface area contributed by atoms with Gasteiger partial charge in [0, 0.05) is 17.7 Å². The molecule has 0 spiro atoms. The summed E-state index contributed by atoms with van der Waals surface area (Å²) in [6.07, 6.45) is -7.92. The molecule has 4 nitrogen and oxygen atoms in total. The zero-order chi connectivity index (χ0) is 16.7. The van der Waals surface area contributed by atoms with Gasteiger partial charge in [0.1, 0.15) is 18.3 Å². The number of alkyl halides is 5. The fraction of sp³-hybridized carbons (Fsp3) is 0.692. The summed E-state index contributed by atoms with van der Waals surface area (Å²) in [5.41, 5.74) is -0.673. The SMILES string of the molecule is CC(C(F)F)C(F)Cn1nc(C#N)c2c1CCC(F)(F)[C@H]2O. The van der Waals surface area contributed by atoms with E-state index in [1.54, 1.807) is 6.07 Å². The lowest BCUT2D eigenvalue weighted by Gasteiger charge is -2.28. The van der Waals surface area contributed by atoms with Crippen LogP contribution in [0.4, 0.5) is 22.0 Å². The van der Waals surface area contributed by atoms with Crippen LogP contribution in [0, 0.1) is 17.2 Å². The minimum absolute atomic E-state index is 0.0964. The monoisotopic (exact) mass is 323 g/mol. The average Bonchev–Trinajstić information content (AvgIpc) is 2.80. The van der Waals surface area contributed by atoms with E-state index in [0.717, 1.165) is 11.6 Å². The van der Waals surface area contributed by atoms with Crippen molar-refractivity contribution >= 4 is 0 Å². The van der Waals surface area contributed by atoms with Gasteiger partial charge in [0.25, 0.3) is 5.92 Å². The van der Waals surface area contributed by atoms with E-state index < -0.39 is 49.2 Å². The Balaban J connectivity index is 2.35. The Morgan fingerprint density at radius 3 is 2.64 bits per heavy atom. The van der Waals surface area contributed by atoms with Crippen molar-refractivity contribution in [1.82, 2.24) is 9.78 Å². The Labute approximate surface area is 123 Å². The molecular weight excluding hydrogens is 309 g/mol. The molecule has 1 heterocycles. The third-order valence-corrected chi connectivity index (χ3v) is 3.89. The average molecular weight is 323 g/mol. The van der Waals surface area contributed by atoms with Gasteiger partial charge < -0.3 is 5.11 Å². The van der Waals surface area contributed by atoms with Gasteiger partial charge in [-0.15, -0.1) is 0 Å². The summed E-state index contributed by atoms with van der Waals surface area (Å²) in [5.74, 6) is -4.96. The van der Waals surface area contributed by atoms with Gasteiger partial charge in [0.05, 0.1) is 12.5 Å². The molecule has 0 aromatic carbocycles. The second-order valence-electron chi connectivity index (χ2n) is 5.38. The van der Waals surface area contributed by atoms with E-state index in [4.69, 9.17) is 5.26 Å². The van der Waals surface area contributed by atoms with Crippen molar-refractivity contribution in [3.05, 3.63) is 17.0 Å². The molecule has 22 heavy (non-hydrogen) atoms. The molecule has 9 heteroatoms. The minimum atomic E-state index is -3.40. The highest BCUT2D eigenvalue weighted by molar-refractivity contribution is 5.40. The number of aliphatic hydroxyl groups excluding tert-OH is 1. The van der Waals surface area contributed by atoms with Crippen molar-refractivity contribution in [2.75, 3.05) is 0 Å². The van der Waals surface area contributed by atoms with Crippen LogP contribution in [0.1, 0.15) is 36.4 Å². The van der Waals surface area contributed by atoms with E-state index in [1.807, 2.05) is 0 Å². The lowest BCUT2D eigenvalue weighted by molar-refractivity contribution is -0.122. The van der Waals surface area contributed by atoms with Gasteiger partial charge in [0.15, 0.2) is 5.69 Å². The summed E-state index contributed by atoms with van der Waals surface area (Å²) in [7, 11) is 0. The molecule has 0 aliphatic heterocycles. The largest absolute Gasteiger partial charge is 0.382 e. The standard InChI is InChI=1S/C13H14F5N3O/c1-6(12(15)16)7(14)5-21-9-2-3-13(17,18)11(22)10(9)8(4-19)20-21/h6-7,11-12,22H,2-3,5H2,1H3/t6?,7?,11-/m0/s1. The Hall–Kier alpha value is -1.69. The second kappa shape index (κ2) is 5.83. The van der Waals surface area contributed by atoms with Crippen LogP contribution in [-0.4, -0.2) is 33.4 Å². The molecule has 2 unspecified atom stereocenters. The van der Waals surface area contributed by atoms with Crippen molar-refractivity contribution in [3.63, 3.8) is 0 Å². The van der Waals surface area contributed by atoms with Gasteiger partial charge in [-0.1, -0.05) is 6.92 Å². The predicted molar refractivity (Wildman–Crippen MR) is 65.2 cm³/mol. The van der Waals surface area contributed by atoms with E-state index in [-0.39, 0.29) is 17.7 Å². The van der Waals surface area contributed by atoms with Crippen molar-refractivity contribution in [2.45, 2.75) is 50.9 Å². The van der Waals surface area contributed by atoms with Crippen LogP contribution in [0.2, 0.25) is 0 Å². The smallest absolute Gasteiger partial charge is 0.278 e. The first-order valence-corrected chi connectivity index (χ1v) is 6.66. The number of nitrogens with zero attached hydrogens (tertiary/aromatic N) is 3. The van der Waals surface area contributed by atoms with Gasteiger partial charge in [0.2, 0.25) is 6.43 Å². The van der Waals surface area contributed by atoms with Crippen LogP contribution in [0.25, 0.3) is 0 Å². The normalized spacial score (nSPS) is 23.0. The highest BCUT2D eigenvalue weighted by Gasteiger charge is 2.47. The first kappa shape index (κ1) is 16.7. The van der Waals surface area contributed by atoms with Crippen LogP contribution < -0.4 is 0 Å². The highest BCUT2D eigenvalue weighted by atomic mass is 19.3. The van der Waals surface area contributed by atoms with Gasteiger partial charge in [-0.2, -0.15) is 10.4 Å². The van der Waals surface area contributed by atoms with Crippen LogP contribution >= 0.6 is 0 Å². The van der Waals surface area contributed by atoms with Gasteiger partial charge in [-0.3, -0.25) is 4.68 Å². The van der Waals surface area contributed by atoms with Crippen molar-refractivity contribution in [2.24, 2.45) is 5.92 Å². The molecule has 0 saturated carbocycles. The number of hydrogen-bond acceptors (Lipinski definition) is 3. The third kappa shape index (κ3) is 2.79. The first-order chi connectivity index (χ1) is 10.2. The number of rotatable bonds is 4. The summed E-state index contributed by atoms with van der Waals surface area (Å²) in [5, 5.41) is 22.3. The number of hydrogen-bond donors (Lipinski definition) is 1. The quantitative estimate of drug-likeness (QED) is 0.867. The number of halogens is 5. The summed E-state index contributed by atoms with van der Waals surface area (Å²) >= 11 is 0. The predicted octanol–water partition coefficient (Wildman–Crippen LogP) is 2.61. The minimum Gasteiger partial charge on any atom is -0.382 e. The molecule has 1 aromatic heterocycles. The fourth-order valence-electron chi connectivity index (χ4n) is 2.42. The van der Waals surface area contributed by atoms with Gasteiger partial charge in [-0.05, 0) is 6.42 Å². The molecule has 1 aliphatic rings. The summed E-state index contributed by atoms with van der Waals surface area (Å²) in [4.78, 5) is 0. The Morgan fingerprint density at radius 1 is 1.45 bits per heavy atom. The van der Waals surface area contributed by atoms with Crippen LogP contribution in [0.5, 0.6) is 0 Å². The van der Waals surface area contributed by atoms with Crippen LogP contribution in [0.3, 0.4) is 0 Å². The highest BCUT2D eigenvalue weighted by Crippen LogP contribution is 2.42. The zero-order valence-electron chi connectivity index (χ0n) is 11.6. The van der Waals surface area contributed by atoms with Crippen molar-refractivity contribution in [1.29, 1.82) is 5.26 Å². The molecule has 0 bridgehead atoms. The second-order valence-corrected chi connectivity index (χ2v) is 5.38.